The van der Waals surface area contributed by atoms with E-state index < -0.39 is 0 Å². The number of hydrogen-bond donors (Lipinski definition) is 2. The fourth-order valence-electron chi connectivity index (χ4n) is 1.75. The number of hydrogen-bond acceptors (Lipinski definition) is 4. The van der Waals surface area contributed by atoms with Gasteiger partial charge >= 0.3 is 0 Å². The highest BCUT2D eigenvalue weighted by Crippen LogP contribution is 2.18. The summed E-state index contributed by atoms with van der Waals surface area (Å²) in [7, 11) is 5.10. The summed E-state index contributed by atoms with van der Waals surface area (Å²) < 4.78 is 16.2. The first-order valence-electron chi connectivity index (χ1n) is 7.77. The zero-order valence-corrected chi connectivity index (χ0v) is 17.5. The monoisotopic (exact) mass is 451 g/mol. The Hall–Kier alpha value is -1.22. The summed E-state index contributed by atoms with van der Waals surface area (Å²) in [5, 5.41) is 6.49. The number of methoxy groups -OCH3 is 2. The predicted molar refractivity (Wildman–Crippen MR) is 109 cm³/mol. The lowest BCUT2D eigenvalue weighted by molar-refractivity contribution is 0.0268. The van der Waals surface area contributed by atoms with E-state index in [1.807, 2.05) is 38.1 Å². The van der Waals surface area contributed by atoms with Crippen LogP contribution in [0.3, 0.4) is 0 Å². The minimum Gasteiger partial charge on any atom is -0.497 e. The third-order valence-electron chi connectivity index (χ3n) is 3.38. The second-order valence-corrected chi connectivity index (χ2v) is 5.70. The highest BCUT2D eigenvalue weighted by atomic mass is 127. The number of guanidine groups is 1. The Labute approximate surface area is 162 Å². The third kappa shape index (κ3) is 9.17. The van der Waals surface area contributed by atoms with E-state index in [-0.39, 0.29) is 29.6 Å². The highest BCUT2D eigenvalue weighted by Gasteiger charge is 2.16. The lowest BCUT2D eigenvalue weighted by Crippen LogP contribution is -2.45. The van der Waals surface area contributed by atoms with Gasteiger partial charge in [0.2, 0.25) is 0 Å². The van der Waals surface area contributed by atoms with Crippen LogP contribution in [0.15, 0.2) is 29.3 Å². The molecule has 0 aliphatic heterocycles. The molecule has 0 saturated heterocycles. The first-order valence-corrected chi connectivity index (χ1v) is 7.77. The Morgan fingerprint density at radius 2 is 1.88 bits per heavy atom. The Kier molecular flexibility index (Phi) is 11.6. The Morgan fingerprint density at radius 1 is 1.17 bits per heavy atom. The van der Waals surface area contributed by atoms with Crippen LogP contribution in [0.4, 0.5) is 0 Å². The molecular weight excluding hydrogens is 421 g/mol. The van der Waals surface area contributed by atoms with E-state index in [1.54, 1.807) is 21.3 Å². The van der Waals surface area contributed by atoms with Crippen molar-refractivity contribution in [2.24, 2.45) is 4.99 Å². The molecule has 1 aromatic rings. The number of benzene rings is 1. The van der Waals surface area contributed by atoms with Gasteiger partial charge in [-0.15, -0.1) is 24.0 Å². The Bertz CT molecular complexity index is 496. The van der Waals surface area contributed by atoms with Crippen LogP contribution in [-0.4, -0.2) is 52.5 Å². The van der Waals surface area contributed by atoms with Crippen molar-refractivity contribution in [1.82, 2.24) is 10.6 Å². The molecule has 0 aromatic heterocycles. The SMILES string of the molecule is CN=C(NCCCOc1cccc(OC)c1)NCC(C)(C)OC.I. The number of halogens is 1. The topological polar surface area (TPSA) is 64.1 Å². The van der Waals surface area contributed by atoms with Gasteiger partial charge in [-0.05, 0) is 32.4 Å². The normalized spacial score (nSPS) is 11.5. The van der Waals surface area contributed by atoms with E-state index >= 15 is 0 Å². The molecule has 7 heteroatoms. The van der Waals surface area contributed by atoms with Crippen LogP contribution in [0.5, 0.6) is 11.5 Å². The summed E-state index contributed by atoms with van der Waals surface area (Å²) in [5.41, 5.74) is -0.229. The molecule has 2 N–H and O–H groups in total. The molecule has 1 rings (SSSR count). The summed E-state index contributed by atoms with van der Waals surface area (Å²) in [6.45, 7) is 6.13. The van der Waals surface area contributed by atoms with Gasteiger partial charge in [-0.1, -0.05) is 6.07 Å². The molecule has 0 saturated carbocycles. The lowest BCUT2D eigenvalue weighted by Gasteiger charge is -2.24. The standard InChI is InChI=1S/C17H29N3O3.HI/c1-17(2,22-5)13-20-16(18-3)19-10-7-11-23-15-9-6-8-14(12-15)21-4;/h6,8-9,12H,7,10-11,13H2,1-5H3,(H2,18,19,20);1H. The molecule has 138 valence electrons. The summed E-state index contributed by atoms with van der Waals surface area (Å²) in [6.07, 6.45) is 0.867. The average molecular weight is 451 g/mol. The summed E-state index contributed by atoms with van der Waals surface area (Å²) >= 11 is 0. The second-order valence-electron chi connectivity index (χ2n) is 5.70. The van der Waals surface area contributed by atoms with Crippen molar-refractivity contribution >= 4 is 29.9 Å². The van der Waals surface area contributed by atoms with Crippen LogP contribution < -0.4 is 20.1 Å². The molecular formula is C17H30IN3O3. The minimum atomic E-state index is -0.229. The Morgan fingerprint density at radius 3 is 2.50 bits per heavy atom. The van der Waals surface area contributed by atoms with Gasteiger partial charge in [0.1, 0.15) is 11.5 Å². The first kappa shape index (κ1) is 22.8. The lowest BCUT2D eigenvalue weighted by atomic mass is 10.1. The van der Waals surface area contributed by atoms with Crippen LogP contribution in [0.1, 0.15) is 20.3 Å². The third-order valence-corrected chi connectivity index (χ3v) is 3.38. The molecule has 0 aliphatic carbocycles. The largest absolute Gasteiger partial charge is 0.497 e. The quantitative estimate of drug-likeness (QED) is 0.262. The van der Waals surface area contributed by atoms with Crippen molar-refractivity contribution in [1.29, 1.82) is 0 Å². The molecule has 0 amide bonds. The molecule has 0 fully saturated rings. The number of ether oxygens (including phenoxy) is 3. The van der Waals surface area contributed by atoms with Gasteiger partial charge < -0.3 is 24.8 Å². The summed E-state index contributed by atoms with van der Waals surface area (Å²) in [4.78, 5) is 4.19. The first-order chi connectivity index (χ1) is 11.0. The second kappa shape index (κ2) is 12.2. The maximum atomic E-state index is 5.70. The maximum absolute atomic E-state index is 5.70. The van der Waals surface area contributed by atoms with Crippen molar-refractivity contribution in [3.8, 4) is 11.5 Å². The number of rotatable bonds is 9. The average Bonchev–Trinajstić information content (AvgIpc) is 2.57. The van der Waals surface area contributed by atoms with Gasteiger partial charge in [0.15, 0.2) is 5.96 Å². The van der Waals surface area contributed by atoms with E-state index in [2.05, 4.69) is 15.6 Å². The predicted octanol–water partition coefficient (Wildman–Crippen LogP) is 2.67. The van der Waals surface area contributed by atoms with E-state index in [0.29, 0.717) is 13.2 Å². The molecule has 0 heterocycles. The zero-order chi connectivity index (χ0) is 17.1. The van der Waals surface area contributed by atoms with Gasteiger partial charge in [0.25, 0.3) is 0 Å². The van der Waals surface area contributed by atoms with E-state index in [4.69, 9.17) is 14.2 Å². The fraction of sp³-hybridized carbons (Fsp3) is 0.588. The number of aliphatic imine (C=N–C) groups is 1. The minimum absolute atomic E-state index is 0. The maximum Gasteiger partial charge on any atom is 0.191 e. The van der Waals surface area contributed by atoms with Crippen molar-refractivity contribution < 1.29 is 14.2 Å². The fourth-order valence-corrected chi connectivity index (χ4v) is 1.75. The molecule has 0 spiro atoms. The van der Waals surface area contributed by atoms with Crippen LogP contribution in [0.2, 0.25) is 0 Å². The zero-order valence-electron chi connectivity index (χ0n) is 15.2. The van der Waals surface area contributed by atoms with Gasteiger partial charge in [0, 0.05) is 33.3 Å². The Balaban J connectivity index is 0.00000529. The summed E-state index contributed by atoms with van der Waals surface area (Å²) in [5.74, 6) is 2.37. The van der Waals surface area contributed by atoms with Crippen LogP contribution in [0, 0.1) is 0 Å². The molecule has 0 atom stereocenters. The highest BCUT2D eigenvalue weighted by molar-refractivity contribution is 14.0. The van der Waals surface area contributed by atoms with Gasteiger partial charge in [-0.3, -0.25) is 4.99 Å². The smallest absolute Gasteiger partial charge is 0.191 e. The molecule has 24 heavy (non-hydrogen) atoms. The van der Waals surface area contributed by atoms with Crippen LogP contribution in [0.25, 0.3) is 0 Å². The molecule has 6 nitrogen and oxygen atoms in total. The van der Waals surface area contributed by atoms with E-state index in [9.17, 15) is 0 Å². The van der Waals surface area contributed by atoms with Crippen molar-refractivity contribution in [3.63, 3.8) is 0 Å². The van der Waals surface area contributed by atoms with E-state index in [0.717, 1.165) is 30.4 Å². The molecule has 0 radical (unpaired) electrons. The summed E-state index contributed by atoms with van der Waals surface area (Å²) in [6, 6.07) is 7.60. The van der Waals surface area contributed by atoms with Crippen molar-refractivity contribution in [3.05, 3.63) is 24.3 Å². The van der Waals surface area contributed by atoms with Crippen LogP contribution >= 0.6 is 24.0 Å². The van der Waals surface area contributed by atoms with Crippen LogP contribution in [-0.2, 0) is 4.74 Å². The van der Waals surface area contributed by atoms with E-state index in [1.165, 1.54) is 0 Å². The number of nitrogens with zero attached hydrogens (tertiary/aromatic N) is 1. The van der Waals surface area contributed by atoms with Crippen molar-refractivity contribution in [2.45, 2.75) is 25.9 Å². The van der Waals surface area contributed by atoms with Crippen molar-refractivity contribution in [2.75, 3.05) is 41.0 Å². The molecule has 0 unspecified atom stereocenters. The van der Waals surface area contributed by atoms with Gasteiger partial charge in [-0.2, -0.15) is 0 Å². The van der Waals surface area contributed by atoms with Gasteiger partial charge in [0.05, 0.1) is 19.3 Å². The molecule has 1 aromatic carbocycles. The molecule has 0 aliphatic rings. The molecule has 0 bridgehead atoms. The van der Waals surface area contributed by atoms with Gasteiger partial charge in [-0.25, -0.2) is 0 Å². The number of nitrogens with one attached hydrogen (secondary N) is 2.